The van der Waals surface area contributed by atoms with E-state index in [1.807, 2.05) is 24.3 Å². The van der Waals surface area contributed by atoms with Gasteiger partial charge in [-0.3, -0.25) is 0 Å². The summed E-state index contributed by atoms with van der Waals surface area (Å²) in [6.07, 6.45) is 2.22. The number of hydrogen-bond donors (Lipinski definition) is 0. The van der Waals surface area contributed by atoms with Crippen LogP contribution in [0.1, 0.15) is 16.7 Å². The van der Waals surface area contributed by atoms with E-state index in [0.717, 1.165) is 22.1 Å². The van der Waals surface area contributed by atoms with Crippen LogP contribution in [0.15, 0.2) is 103 Å². The average molecular weight is 522 g/mol. The Morgan fingerprint density at radius 3 is 1.83 bits per heavy atom. The van der Waals surface area contributed by atoms with E-state index in [1.165, 1.54) is 20.3 Å². The molecule has 0 saturated heterocycles. The molecule has 0 aliphatic rings. The van der Waals surface area contributed by atoms with Crippen LogP contribution in [-0.2, 0) is 0 Å². The van der Waals surface area contributed by atoms with Crippen LogP contribution < -0.4 is 4.90 Å². The van der Waals surface area contributed by atoms with Gasteiger partial charge in [0.25, 0.3) is 0 Å². The van der Waals surface area contributed by atoms with Gasteiger partial charge in [-0.25, -0.2) is 0 Å². The molecular formula is C27H21ClIN. The number of benzene rings is 4. The van der Waals surface area contributed by atoms with Crippen LogP contribution in [0.5, 0.6) is 0 Å². The molecular weight excluding hydrogens is 501 g/mol. The van der Waals surface area contributed by atoms with Gasteiger partial charge >= 0.3 is 0 Å². The van der Waals surface area contributed by atoms with Gasteiger partial charge in [0.15, 0.2) is 0 Å². The topological polar surface area (TPSA) is 3.24 Å². The van der Waals surface area contributed by atoms with E-state index in [4.69, 9.17) is 11.6 Å². The number of para-hydroxylation sites is 2. The molecule has 0 amide bonds. The second-order valence-electron chi connectivity index (χ2n) is 7.05. The summed E-state index contributed by atoms with van der Waals surface area (Å²) in [6.45, 7) is 2.16. The Balaban J connectivity index is 1.72. The van der Waals surface area contributed by atoms with Crippen molar-refractivity contribution in [2.45, 2.75) is 6.92 Å². The Labute approximate surface area is 196 Å². The molecule has 148 valence electrons. The molecule has 0 aromatic heterocycles. The molecule has 30 heavy (non-hydrogen) atoms. The first kappa shape index (κ1) is 20.7. The fraction of sp³-hybridized carbons (Fsp3) is 0.0370. The molecule has 1 nitrogen and oxygen atoms in total. The largest absolute Gasteiger partial charge is 0.310 e. The van der Waals surface area contributed by atoms with Crippen molar-refractivity contribution in [3.05, 3.63) is 125 Å². The molecule has 0 N–H and O–H groups in total. The van der Waals surface area contributed by atoms with Crippen molar-refractivity contribution in [3.63, 3.8) is 0 Å². The van der Waals surface area contributed by atoms with E-state index >= 15 is 0 Å². The van der Waals surface area contributed by atoms with Gasteiger partial charge in [0.1, 0.15) is 0 Å². The van der Waals surface area contributed by atoms with Crippen molar-refractivity contribution < 1.29 is 0 Å². The van der Waals surface area contributed by atoms with Crippen molar-refractivity contribution >= 4 is 60.9 Å². The zero-order chi connectivity index (χ0) is 20.9. The number of nitrogens with zero attached hydrogens (tertiary/aromatic N) is 1. The highest BCUT2D eigenvalue weighted by molar-refractivity contribution is 14.1. The summed E-state index contributed by atoms with van der Waals surface area (Å²) >= 11 is 8.41. The molecule has 3 heteroatoms. The van der Waals surface area contributed by atoms with Crippen LogP contribution in [0.25, 0.3) is 9.66 Å². The molecule has 4 aromatic carbocycles. The molecule has 0 spiro atoms. The maximum absolute atomic E-state index is 6.02. The molecule has 0 aliphatic heterocycles. The van der Waals surface area contributed by atoms with Crippen LogP contribution in [-0.4, -0.2) is 0 Å². The molecule has 0 saturated carbocycles. The summed E-state index contributed by atoms with van der Waals surface area (Å²) in [5.74, 6) is 0. The first-order valence-corrected chi connectivity index (χ1v) is 11.2. The lowest BCUT2D eigenvalue weighted by molar-refractivity contribution is 1.27. The Morgan fingerprint density at radius 1 is 0.733 bits per heavy atom. The summed E-state index contributed by atoms with van der Waals surface area (Å²) in [5, 5.41) is 0.755. The van der Waals surface area contributed by atoms with Crippen molar-refractivity contribution in [1.82, 2.24) is 0 Å². The lowest BCUT2D eigenvalue weighted by Gasteiger charge is -2.26. The van der Waals surface area contributed by atoms with E-state index in [2.05, 4.69) is 119 Å². The first-order chi connectivity index (χ1) is 14.6. The summed E-state index contributed by atoms with van der Waals surface area (Å²) in [4.78, 5) is 2.28. The summed E-state index contributed by atoms with van der Waals surface area (Å²) in [6, 6.07) is 35.5. The highest BCUT2D eigenvalue weighted by Gasteiger charge is 2.12. The van der Waals surface area contributed by atoms with E-state index in [1.54, 1.807) is 0 Å². The van der Waals surface area contributed by atoms with Gasteiger partial charge in [0, 0.05) is 25.7 Å². The SMILES string of the molecule is Cc1cc(N(c2ccccc2)c2ccccc2)ccc1C=C(I)c1ccc(Cl)cc1. The number of aryl methyl sites for hydroxylation is 1. The first-order valence-electron chi connectivity index (χ1n) is 9.76. The minimum absolute atomic E-state index is 0.755. The zero-order valence-electron chi connectivity index (χ0n) is 16.6. The standard InChI is InChI=1S/C27H21ClIN/c1-20-18-26(17-14-22(20)19-27(29)21-12-15-23(28)16-13-21)30(24-8-4-2-5-9-24)25-10-6-3-7-11-25/h2-19H,1H3. The maximum Gasteiger partial charge on any atom is 0.0464 e. The molecule has 0 heterocycles. The van der Waals surface area contributed by atoms with Crippen LogP contribution in [0.4, 0.5) is 17.1 Å². The lowest BCUT2D eigenvalue weighted by Crippen LogP contribution is -2.10. The summed E-state index contributed by atoms with van der Waals surface area (Å²) in [5.41, 5.74) is 7.03. The monoisotopic (exact) mass is 521 g/mol. The minimum Gasteiger partial charge on any atom is -0.310 e. The Morgan fingerprint density at radius 2 is 1.30 bits per heavy atom. The molecule has 4 aromatic rings. The Kier molecular flexibility index (Phi) is 6.56. The van der Waals surface area contributed by atoms with Gasteiger partial charge in [-0.2, -0.15) is 0 Å². The average Bonchev–Trinajstić information content (AvgIpc) is 2.78. The van der Waals surface area contributed by atoms with Crippen molar-refractivity contribution in [2.75, 3.05) is 4.90 Å². The predicted octanol–water partition coefficient (Wildman–Crippen LogP) is 9.05. The van der Waals surface area contributed by atoms with Gasteiger partial charge in [0.2, 0.25) is 0 Å². The van der Waals surface area contributed by atoms with Crippen LogP contribution in [0, 0.1) is 6.92 Å². The fourth-order valence-electron chi connectivity index (χ4n) is 3.39. The molecule has 0 bridgehead atoms. The van der Waals surface area contributed by atoms with E-state index in [-0.39, 0.29) is 0 Å². The summed E-state index contributed by atoms with van der Waals surface area (Å²) in [7, 11) is 0. The van der Waals surface area contributed by atoms with Crippen molar-refractivity contribution in [3.8, 4) is 0 Å². The minimum atomic E-state index is 0.755. The maximum atomic E-state index is 6.02. The third-order valence-corrected chi connectivity index (χ3v) is 6.13. The second-order valence-corrected chi connectivity index (χ2v) is 8.65. The van der Waals surface area contributed by atoms with Gasteiger partial charge < -0.3 is 4.90 Å². The number of hydrogen-bond acceptors (Lipinski definition) is 1. The molecule has 0 radical (unpaired) electrons. The normalized spacial score (nSPS) is 11.4. The zero-order valence-corrected chi connectivity index (χ0v) is 19.5. The second kappa shape index (κ2) is 9.50. The van der Waals surface area contributed by atoms with Crippen molar-refractivity contribution in [2.24, 2.45) is 0 Å². The highest BCUT2D eigenvalue weighted by Crippen LogP contribution is 2.36. The van der Waals surface area contributed by atoms with Gasteiger partial charge in [-0.1, -0.05) is 66.2 Å². The number of anilines is 3. The van der Waals surface area contributed by atoms with E-state index < -0.39 is 0 Å². The molecule has 0 unspecified atom stereocenters. The van der Waals surface area contributed by atoms with Crippen molar-refractivity contribution in [1.29, 1.82) is 0 Å². The number of rotatable bonds is 5. The Bertz CT molecular complexity index is 1110. The van der Waals surface area contributed by atoms with Gasteiger partial charge in [-0.15, -0.1) is 0 Å². The third-order valence-electron chi connectivity index (χ3n) is 4.94. The third kappa shape index (κ3) is 4.77. The fourth-order valence-corrected chi connectivity index (χ4v) is 4.21. The number of halogens is 2. The highest BCUT2D eigenvalue weighted by atomic mass is 127. The Hall–Kier alpha value is -2.56. The quantitative estimate of drug-likeness (QED) is 0.187. The molecule has 4 rings (SSSR count). The van der Waals surface area contributed by atoms with Crippen LogP contribution in [0.2, 0.25) is 5.02 Å². The van der Waals surface area contributed by atoms with Gasteiger partial charge in [-0.05, 0) is 101 Å². The van der Waals surface area contributed by atoms with E-state index in [9.17, 15) is 0 Å². The molecule has 0 fully saturated rings. The van der Waals surface area contributed by atoms with Gasteiger partial charge in [0.05, 0.1) is 0 Å². The predicted molar refractivity (Wildman–Crippen MR) is 139 cm³/mol. The van der Waals surface area contributed by atoms with E-state index in [0.29, 0.717) is 0 Å². The molecule has 0 atom stereocenters. The smallest absolute Gasteiger partial charge is 0.0464 e. The van der Waals surface area contributed by atoms with Crippen LogP contribution in [0.3, 0.4) is 0 Å². The lowest BCUT2D eigenvalue weighted by atomic mass is 10.0. The van der Waals surface area contributed by atoms with Crippen LogP contribution >= 0.6 is 34.2 Å². The molecule has 0 aliphatic carbocycles. The summed E-state index contributed by atoms with van der Waals surface area (Å²) < 4.78 is 1.18.